The number of rotatable bonds is 4. The average Bonchev–Trinajstić information content (AvgIpc) is 2.94. The van der Waals surface area contributed by atoms with Gasteiger partial charge in [0.25, 0.3) is 0 Å². The van der Waals surface area contributed by atoms with Crippen molar-refractivity contribution in [3.63, 3.8) is 0 Å². The molecule has 0 radical (unpaired) electrons. The molecule has 4 aliphatic rings. The summed E-state index contributed by atoms with van der Waals surface area (Å²) >= 11 is 0. The number of amides is 1. The van der Waals surface area contributed by atoms with Crippen molar-refractivity contribution in [1.82, 2.24) is 15.5 Å². The van der Waals surface area contributed by atoms with Crippen molar-refractivity contribution in [3.8, 4) is 0 Å². The lowest BCUT2D eigenvalue weighted by Gasteiger charge is -2.56. The fourth-order valence-corrected chi connectivity index (χ4v) is 6.08. The maximum atomic E-state index is 12.9. The van der Waals surface area contributed by atoms with E-state index in [-0.39, 0.29) is 16.7 Å². The molecule has 1 N–H and O–H groups in total. The van der Waals surface area contributed by atoms with Gasteiger partial charge in [0.15, 0.2) is 5.82 Å². The highest BCUT2D eigenvalue weighted by atomic mass is 16.5. The monoisotopic (exact) mass is 359 g/mol. The fourth-order valence-electron chi connectivity index (χ4n) is 6.08. The van der Waals surface area contributed by atoms with Crippen molar-refractivity contribution in [2.45, 2.75) is 90.5 Å². The molecule has 0 spiro atoms. The van der Waals surface area contributed by atoms with E-state index < -0.39 is 5.54 Å². The molecular weight excluding hydrogens is 326 g/mol. The van der Waals surface area contributed by atoms with Crippen molar-refractivity contribution >= 4 is 5.91 Å². The Morgan fingerprint density at radius 3 is 2.08 bits per heavy atom. The van der Waals surface area contributed by atoms with Crippen LogP contribution in [-0.2, 0) is 15.7 Å². The third kappa shape index (κ3) is 3.29. The second-order valence-corrected chi connectivity index (χ2v) is 10.9. The first kappa shape index (κ1) is 18.0. The van der Waals surface area contributed by atoms with Crippen LogP contribution < -0.4 is 5.32 Å². The van der Waals surface area contributed by atoms with Gasteiger partial charge in [-0.2, -0.15) is 4.98 Å². The Morgan fingerprint density at radius 1 is 1.08 bits per heavy atom. The molecule has 1 heterocycles. The molecule has 0 unspecified atom stereocenters. The molecule has 0 aliphatic heterocycles. The van der Waals surface area contributed by atoms with Crippen molar-refractivity contribution in [3.05, 3.63) is 11.7 Å². The molecule has 0 aromatic carbocycles. The van der Waals surface area contributed by atoms with Crippen LogP contribution in [0, 0.1) is 23.2 Å². The molecule has 5 nitrogen and oxygen atoms in total. The molecule has 1 aromatic rings. The van der Waals surface area contributed by atoms with Gasteiger partial charge in [-0.25, -0.2) is 0 Å². The summed E-state index contributed by atoms with van der Waals surface area (Å²) in [5.74, 6) is 3.91. The number of aromatic nitrogens is 2. The fraction of sp³-hybridized carbons (Fsp3) is 0.857. The maximum absolute atomic E-state index is 12.9. The Bertz CT molecular complexity index is 663. The van der Waals surface area contributed by atoms with Crippen molar-refractivity contribution < 1.29 is 9.32 Å². The number of nitrogens with zero attached hydrogens (tertiary/aromatic N) is 2. The van der Waals surface area contributed by atoms with Crippen molar-refractivity contribution in [2.24, 2.45) is 23.2 Å². The molecule has 0 atom stereocenters. The van der Waals surface area contributed by atoms with E-state index in [0.717, 1.165) is 17.8 Å². The van der Waals surface area contributed by atoms with E-state index in [0.29, 0.717) is 18.1 Å². The summed E-state index contributed by atoms with van der Waals surface area (Å²) in [6.07, 6.45) is 8.64. The highest BCUT2D eigenvalue weighted by Gasteiger charge is 2.51. The molecular formula is C21H33N3O2. The van der Waals surface area contributed by atoms with E-state index in [1.54, 1.807) is 0 Å². The van der Waals surface area contributed by atoms with E-state index in [1.165, 1.54) is 38.5 Å². The van der Waals surface area contributed by atoms with Gasteiger partial charge in [-0.1, -0.05) is 25.9 Å². The molecule has 26 heavy (non-hydrogen) atoms. The molecule has 5 rings (SSSR count). The molecule has 4 aliphatic carbocycles. The van der Waals surface area contributed by atoms with Crippen LogP contribution in [0.1, 0.15) is 91.3 Å². The Hall–Kier alpha value is -1.39. The van der Waals surface area contributed by atoms with E-state index in [2.05, 4.69) is 15.5 Å². The Balaban J connectivity index is 1.43. The Labute approximate surface area is 156 Å². The molecule has 0 saturated heterocycles. The van der Waals surface area contributed by atoms with Gasteiger partial charge in [0.05, 0.1) is 5.54 Å². The number of hydrogen-bond acceptors (Lipinski definition) is 4. The summed E-state index contributed by atoms with van der Waals surface area (Å²) < 4.78 is 5.42. The van der Waals surface area contributed by atoms with Gasteiger partial charge < -0.3 is 9.84 Å². The highest BCUT2D eigenvalue weighted by molar-refractivity contribution is 5.77. The van der Waals surface area contributed by atoms with E-state index in [4.69, 9.17) is 4.52 Å². The van der Waals surface area contributed by atoms with Crippen LogP contribution in [0.15, 0.2) is 4.52 Å². The van der Waals surface area contributed by atoms with Gasteiger partial charge in [0, 0.05) is 11.8 Å². The van der Waals surface area contributed by atoms with Crippen LogP contribution in [0.2, 0.25) is 0 Å². The average molecular weight is 360 g/mol. The quantitative estimate of drug-likeness (QED) is 0.869. The smallest absolute Gasteiger partial charge is 0.232 e. The normalized spacial score (nSPS) is 33.5. The zero-order chi connectivity index (χ0) is 18.7. The van der Waals surface area contributed by atoms with Crippen LogP contribution >= 0.6 is 0 Å². The molecule has 4 bridgehead atoms. The number of carbonyl (C=O) groups excluding carboxylic acids is 1. The van der Waals surface area contributed by atoms with Crippen molar-refractivity contribution in [1.29, 1.82) is 0 Å². The van der Waals surface area contributed by atoms with Crippen molar-refractivity contribution in [2.75, 3.05) is 0 Å². The number of carbonyl (C=O) groups is 1. The zero-order valence-corrected chi connectivity index (χ0v) is 16.9. The van der Waals surface area contributed by atoms with Crippen LogP contribution in [0.5, 0.6) is 0 Å². The van der Waals surface area contributed by atoms with Gasteiger partial charge in [-0.3, -0.25) is 4.79 Å². The molecule has 4 saturated carbocycles. The van der Waals surface area contributed by atoms with Crippen LogP contribution in [0.25, 0.3) is 0 Å². The van der Waals surface area contributed by atoms with Gasteiger partial charge in [0.2, 0.25) is 11.8 Å². The number of nitrogens with one attached hydrogen (secondary N) is 1. The minimum Gasteiger partial charge on any atom is -0.344 e. The largest absolute Gasteiger partial charge is 0.344 e. The SMILES string of the molecule is CC(C)(C)c1nc(C(C)(C)NC(=O)CC23CC4CC(CC(C4)C2)C3)no1. The topological polar surface area (TPSA) is 68.0 Å². The lowest BCUT2D eigenvalue weighted by Crippen LogP contribution is -2.50. The van der Waals surface area contributed by atoms with E-state index >= 15 is 0 Å². The first-order valence-corrected chi connectivity index (χ1v) is 10.2. The van der Waals surface area contributed by atoms with Gasteiger partial charge in [-0.15, -0.1) is 0 Å². The third-order valence-corrected chi connectivity index (χ3v) is 6.78. The lowest BCUT2D eigenvalue weighted by molar-refractivity contribution is -0.131. The van der Waals surface area contributed by atoms with Crippen LogP contribution in [-0.4, -0.2) is 16.0 Å². The predicted octanol–water partition coefficient (Wildman–Crippen LogP) is 4.32. The summed E-state index contributed by atoms with van der Waals surface area (Å²) in [6.45, 7) is 10.1. The van der Waals surface area contributed by atoms with Crippen LogP contribution in [0.3, 0.4) is 0 Å². The van der Waals surface area contributed by atoms with Crippen LogP contribution in [0.4, 0.5) is 0 Å². The van der Waals surface area contributed by atoms with E-state index in [1.807, 2.05) is 34.6 Å². The molecule has 144 valence electrons. The minimum absolute atomic E-state index is 0.138. The van der Waals surface area contributed by atoms with Gasteiger partial charge in [-0.05, 0) is 75.5 Å². The second-order valence-electron chi connectivity index (χ2n) is 10.9. The summed E-state index contributed by atoms with van der Waals surface area (Å²) in [7, 11) is 0. The lowest BCUT2D eigenvalue weighted by atomic mass is 9.49. The van der Waals surface area contributed by atoms with E-state index in [9.17, 15) is 4.79 Å². The summed E-state index contributed by atoms with van der Waals surface area (Å²) in [5, 5.41) is 7.32. The first-order valence-electron chi connectivity index (χ1n) is 10.2. The number of hydrogen-bond donors (Lipinski definition) is 1. The Morgan fingerprint density at radius 2 is 1.62 bits per heavy atom. The second kappa shape index (κ2) is 5.80. The summed E-state index contributed by atoms with van der Waals surface area (Å²) in [5.41, 5.74) is -0.556. The molecule has 1 aromatic heterocycles. The molecule has 4 fully saturated rings. The predicted molar refractivity (Wildman–Crippen MR) is 99.4 cm³/mol. The standard InChI is InChI=1S/C21H33N3O2/c1-19(2,3)18-22-17(24-26-18)20(4,5)23-16(25)12-21-9-13-6-14(10-21)8-15(7-13)11-21/h13-15H,6-12H2,1-5H3,(H,23,25). The molecule has 1 amide bonds. The third-order valence-electron chi connectivity index (χ3n) is 6.78. The minimum atomic E-state index is -0.619. The van der Waals surface area contributed by atoms with Gasteiger partial charge >= 0.3 is 0 Å². The zero-order valence-electron chi connectivity index (χ0n) is 16.9. The summed E-state index contributed by atoms with van der Waals surface area (Å²) in [4.78, 5) is 17.5. The first-order chi connectivity index (χ1) is 12.0. The molecule has 5 heteroatoms. The Kier molecular flexibility index (Phi) is 4.02. The highest BCUT2D eigenvalue weighted by Crippen LogP contribution is 2.61. The summed E-state index contributed by atoms with van der Waals surface area (Å²) in [6, 6.07) is 0. The maximum Gasteiger partial charge on any atom is 0.232 e. The van der Waals surface area contributed by atoms with Gasteiger partial charge in [0.1, 0.15) is 0 Å².